The van der Waals surface area contributed by atoms with Crippen LogP contribution in [-0.4, -0.2) is 50.1 Å². The maximum atomic E-state index is 13.1. The number of amides is 1. The first-order chi connectivity index (χ1) is 10.6. The van der Waals surface area contributed by atoms with E-state index in [1.165, 1.54) is 12.1 Å². The van der Waals surface area contributed by atoms with E-state index in [9.17, 15) is 9.18 Å². The summed E-state index contributed by atoms with van der Waals surface area (Å²) < 4.78 is 13.1. The van der Waals surface area contributed by atoms with Gasteiger partial charge in [0.25, 0.3) is 0 Å². The van der Waals surface area contributed by atoms with Gasteiger partial charge in [-0.1, -0.05) is 19.1 Å². The van der Waals surface area contributed by atoms with Gasteiger partial charge in [-0.25, -0.2) is 4.39 Å². The van der Waals surface area contributed by atoms with Crippen LogP contribution in [0.2, 0.25) is 0 Å². The van der Waals surface area contributed by atoms with Gasteiger partial charge in [0.1, 0.15) is 5.82 Å². The Morgan fingerprint density at radius 1 is 1.39 bits per heavy atom. The highest BCUT2D eigenvalue weighted by atomic mass is 35.5. The summed E-state index contributed by atoms with van der Waals surface area (Å²) in [7, 11) is 0. The topological polar surface area (TPSA) is 44.4 Å². The molecule has 1 saturated heterocycles. The van der Waals surface area contributed by atoms with Gasteiger partial charge in [-0.3, -0.25) is 4.79 Å². The van der Waals surface area contributed by atoms with Crippen molar-refractivity contribution in [3.05, 3.63) is 35.6 Å². The van der Waals surface area contributed by atoms with Crippen molar-refractivity contribution in [3.8, 4) is 0 Å². The Kier molecular flexibility index (Phi) is 9.14. The van der Waals surface area contributed by atoms with Crippen LogP contribution in [-0.2, 0) is 11.2 Å². The molecule has 2 N–H and O–H groups in total. The van der Waals surface area contributed by atoms with E-state index < -0.39 is 0 Å². The van der Waals surface area contributed by atoms with Crippen LogP contribution in [0.3, 0.4) is 0 Å². The van der Waals surface area contributed by atoms with Crippen LogP contribution in [0.5, 0.6) is 0 Å². The smallest absolute Gasteiger partial charge is 0.223 e. The quantitative estimate of drug-likeness (QED) is 0.742. The maximum Gasteiger partial charge on any atom is 0.223 e. The molecule has 1 aromatic carbocycles. The van der Waals surface area contributed by atoms with E-state index in [1.54, 1.807) is 6.07 Å². The molecule has 6 heteroatoms. The number of hydrogen-bond acceptors (Lipinski definition) is 3. The zero-order valence-corrected chi connectivity index (χ0v) is 14.5. The summed E-state index contributed by atoms with van der Waals surface area (Å²) in [6, 6.07) is 6.46. The Bertz CT molecular complexity index is 481. The molecular weight excluding hydrogens is 317 g/mol. The summed E-state index contributed by atoms with van der Waals surface area (Å²) in [5.74, 6) is -0.341. The van der Waals surface area contributed by atoms with E-state index >= 15 is 0 Å². The Balaban J connectivity index is 0.00000264. The summed E-state index contributed by atoms with van der Waals surface area (Å²) in [6.45, 7) is 7.90. The van der Waals surface area contributed by atoms with E-state index in [2.05, 4.69) is 15.5 Å². The highest BCUT2D eigenvalue weighted by Crippen LogP contribution is 2.10. The van der Waals surface area contributed by atoms with Crippen molar-refractivity contribution in [3.63, 3.8) is 0 Å². The predicted molar refractivity (Wildman–Crippen MR) is 93.5 cm³/mol. The van der Waals surface area contributed by atoms with Gasteiger partial charge in [0.15, 0.2) is 0 Å². The molecule has 4 nitrogen and oxygen atoms in total. The third-order valence-electron chi connectivity index (χ3n) is 4.04. The second-order valence-electron chi connectivity index (χ2n) is 5.97. The van der Waals surface area contributed by atoms with Crippen LogP contribution < -0.4 is 10.6 Å². The summed E-state index contributed by atoms with van der Waals surface area (Å²) >= 11 is 0. The molecule has 0 aromatic heterocycles. The minimum absolute atomic E-state index is 0. The van der Waals surface area contributed by atoms with Crippen molar-refractivity contribution in [2.75, 3.05) is 39.3 Å². The molecule has 0 bridgehead atoms. The third-order valence-corrected chi connectivity index (χ3v) is 4.04. The van der Waals surface area contributed by atoms with Gasteiger partial charge in [-0.2, -0.15) is 0 Å². The molecule has 130 valence electrons. The number of halogens is 2. The lowest BCUT2D eigenvalue weighted by atomic mass is 10.0. The molecule has 0 spiro atoms. The highest BCUT2D eigenvalue weighted by molar-refractivity contribution is 5.85. The second kappa shape index (κ2) is 10.6. The third kappa shape index (κ3) is 7.29. The number of nitrogens with zero attached hydrogens (tertiary/aromatic N) is 1. The van der Waals surface area contributed by atoms with Gasteiger partial charge in [-0.15, -0.1) is 12.4 Å². The Labute approximate surface area is 144 Å². The molecule has 1 unspecified atom stereocenters. The number of carbonyl (C=O) groups excluding carboxylic acids is 1. The molecule has 1 aliphatic heterocycles. The number of piperazine rings is 1. The second-order valence-corrected chi connectivity index (χ2v) is 5.97. The van der Waals surface area contributed by atoms with E-state index in [4.69, 9.17) is 0 Å². The van der Waals surface area contributed by atoms with Gasteiger partial charge < -0.3 is 15.5 Å². The fraction of sp³-hybridized carbons (Fsp3) is 0.588. The Morgan fingerprint density at radius 3 is 2.83 bits per heavy atom. The van der Waals surface area contributed by atoms with Gasteiger partial charge in [0, 0.05) is 38.6 Å². The lowest BCUT2D eigenvalue weighted by Crippen LogP contribution is -2.44. The zero-order chi connectivity index (χ0) is 15.8. The van der Waals surface area contributed by atoms with Crippen molar-refractivity contribution in [2.45, 2.75) is 19.8 Å². The number of benzene rings is 1. The van der Waals surface area contributed by atoms with Crippen LogP contribution in [0.4, 0.5) is 4.39 Å². The summed E-state index contributed by atoms with van der Waals surface area (Å²) in [5, 5.41) is 6.31. The molecule has 1 aliphatic rings. The monoisotopic (exact) mass is 343 g/mol. The average molecular weight is 344 g/mol. The molecule has 0 saturated carbocycles. The molecule has 1 amide bonds. The number of carbonyl (C=O) groups is 1. The van der Waals surface area contributed by atoms with Crippen LogP contribution >= 0.6 is 12.4 Å². The van der Waals surface area contributed by atoms with Crippen molar-refractivity contribution in [1.82, 2.24) is 15.5 Å². The fourth-order valence-corrected chi connectivity index (χ4v) is 2.73. The van der Waals surface area contributed by atoms with Crippen LogP contribution in [0.15, 0.2) is 24.3 Å². The van der Waals surface area contributed by atoms with Crippen molar-refractivity contribution < 1.29 is 9.18 Å². The Morgan fingerprint density at radius 2 is 2.13 bits per heavy atom. The van der Waals surface area contributed by atoms with Gasteiger partial charge >= 0.3 is 0 Å². The van der Waals surface area contributed by atoms with Gasteiger partial charge in [-0.05, 0) is 37.1 Å². The van der Waals surface area contributed by atoms with Crippen LogP contribution in [0.25, 0.3) is 0 Å². The molecule has 0 radical (unpaired) electrons. The van der Waals surface area contributed by atoms with Crippen molar-refractivity contribution in [1.29, 1.82) is 0 Å². The van der Waals surface area contributed by atoms with E-state index in [-0.39, 0.29) is 30.0 Å². The number of nitrogens with one attached hydrogen (secondary N) is 2. The fourth-order valence-electron chi connectivity index (χ4n) is 2.73. The van der Waals surface area contributed by atoms with Crippen LogP contribution in [0.1, 0.15) is 18.9 Å². The first-order valence-electron chi connectivity index (χ1n) is 8.10. The molecule has 1 heterocycles. The molecule has 1 atom stereocenters. The SMILES string of the molecule is CC(Cc1cccc(F)c1)C(=O)NCCCN1CCNCC1.Cl. The Hall–Kier alpha value is -1.17. The molecule has 23 heavy (non-hydrogen) atoms. The number of hydrogen-bond donors (Lipinski definition) is 2. The molecule has 0 aliphatic carbocycles. The first-order valence-corrected chi connectivity index (χ1v) is 8.10. The molecule has 2 rings (SSSR count). The van der Waals surface area contributed by atoms with Gasteiger partial charge in [0.05, 0.1) is 0 Å². The standard InChI is InChI=1S/C17H26FN3O.ClH/c1-14(12-15-4-2-5-16(18)13-15)17(22)20-6-3-9-21-10-7-19-8-11-21;/h2,4-5,13-14,19H,3,6-12H2,1H3,(H,20,22);1H. The summed E-state index contributed by atoms with van der Waals surface area (Å²) in [5.41, 5.74) is 0.864. The van der Waals surface area contributed by atoms with Crippen molar-refractivity contribution >= 4 is 18.3 Å². The minimum atomic E-state index is -0.249. The summed E-state index contributed by atoms with van der Waals surface area (Å²) in [4.78, 5) is 14.5. The highest BCUT2D eigenvalue weighted by Gasteiger charge is 2.14. The van der Waals surface area contributed by atoms with Crippen LogP contribution in [0, 0.1) is 11.7 Å². The predicted octanol–water partition coefficient (Wildman–Crippen LogP) is 1.84. The normalized spacial score (nSPS) is 16.4. The lowest BCUT2D eigenvalue weighted by molar-refractivity contribution is -0.124. The van der Waals surface area contributed by atoms with E-state index in [0.29, 0.717) is 13.0 Å². The first kappa shape index (κ1) is 19.9. The van der Waals surface area contributed by atoms with E-state index in [0.717, 1.165) is 44.7 Å². The molecule has 1 aromatic rings. The zero-order valence-electron chi connectivity index (χ0n) is 13.7. The minimum Gasteiger partial charge on any atom is -0.356 e. The number of rotatable bonds is 7. The lowest BCUT2D eigenvalue weighted by Gasteiger charge is -2.27. The molecular formula is C17H27ClFN3O. The molecule has 1 fully saturated rings. The van der Waals surface area contributed by atoms with Crippen molar-refractivity contribution in [2.24, 2.45) is 5.92 Å². The summed E-state index contributed by atoms with van der Waals surface area (Å²) in [6.07, 6.45) is 1.54. The average Bonchev–Trinajstić information content (AvgIpc) is 2.52. The largest absolute Gasteiger partial charge is 0.356 e. The van der Waals surface area contributed by atoms with Gasteiger partial charge in [0.2, 0.25) is 5.91 Å². The maximum absolute atomic E-state index is 13.1. The van der Waals surface area contributed by atoms with E-state index in [1.807, 2.05) is 13.0 Å².